The lowest BCUT2D eigenvalue weighted by molar-refractivity contribution is -0.272. The van der Waals surface area contributed by atoms with Crippen molar-refractivity contribution < 1.29 is 26.3 Å². The van der Waals surface area contributed by atoms with Gasteiger partial charge in [0, 0.05) is 5.69 Å². The molecule has 112 valence electrons. The highest BCUT2D eigenvalue weighted by Gasteiger charge is 2.84. The molecule has 2 N–H and O–H groups in total. The summed E-state index contributed by atoms with van der Waals surface area (Å²) in [6.07, 6.45) is 0. The zero-order valence-electron chi connectivity index (χ0n) is 10.1. The predicted octanol–water partition coefficient (Wildman–Crippen LogP) is 4.34. The van der Waals surface area contributed by atoms with Gasteiger partial charge in [-0.1, -0.05) is 28.1 Å². The van der Waals surface area contributed by atoms with E-state index in [1.807, 2.05) is 0 Å². The molecule has 0 amide bonds. The number of halogens is 7. The standard InChI is InChI=1S/C12H10BrF6N/c1-5-4-6(2-3-7(5)20)8-9(13)11(16,17)12(18,19)10(8,14)15/h2-4,8-9H,20H2,1H3. The van der Waals surface area contributed by atoms with E-state index in [4.69, 9.17) is 5.73 Å². The first-order chi connectivity index (χ1) is 8.94. The first-order valence-electron chi connectivity index (χ1n) is 5.58. The monoisotopic (exact) mass is 361 g/mol. The Labute approximate surface area is 119 Å². The predicted molar refractivity (Wildman–Crippen MR) is 65.9 cm³/mol. The molecule has 0 bridgehead atoms. The van der Waals surface area contributed by atoms with E-state index in [1.54, 1.807) is 0 Å². The third kappa shape index (κ3) is 1.76. The summed E-state index contributed by atoms with van der Waals surface area (Å²) in [5, 5.41) is 0. The molecule has 1 aromatic carbocycles. The van der Waals surface area contributed by atoms with E-state index >= 15 is 0 Å². The smallest absolute Gasteiger partial charge is 0.373 e. The van der Waals surface area contributed by atoms with Gasteiger partial charge in [0.2, 0.25) is 0 Å². The molecule has 8 heteroatoms. The minimum Gasteiger partial charge on any atom is -0.399 e. The minimum atomic E-state index is -5.42. The van der Waals surface area contributed by atoms with Gasteiger partial charge in [0.15, 0.2) is 0 Å². The van der Waals surface area contributed by atoms with Crippen LogP contribution in [0.5, 0.6) is 0 Å². The fraction of sp³-hybridized carbons (Fsp3) is 0.500. The van der Waals surface area contributed by atoms with Gasteiger partial charge in [0.1, 0.15) is 0 Å². The maximum Gasteiger partial charge on any atom is 0.373 e. The number of nitrogen functional groups attached to an aromatic ring is 1. The molecule has 1 aromatic rings. The molecule has 1 aliphatic carbocycles. The number of hydrogen-bond acceptors (Lipinski definition) is 1. The normalized spacial score (nSPS) is 30.4. The van der Waals surface area contributed by atoms with Crippen molar-refractivity contribution in [3.8, 4) is 0 Å². The third-order valence-electron chi connectivity index (χ3n) is 3.52. The van der Waals surface area contributed by atoms with Crippen LogP contribution in [-0.2, 0) is 0 Å². The van der Waals surface area contributed by atoms with E-state index in [2.05, 4.69) is 15.9 Å². The molecule has 0 aromatic heterocycles. The van der Waals surface area contributed by atoms with Crippen LogP contribution in [-0.4, -0.2) is 22.6 Å². The van der Waals surface area contributed by atoms with Gasteiger partial charge >= 0.3 is 17.8 Å². The average Bonchev–Trinajstić information content (AvgIpc) is 2.40. The summed E-state index contributed by atoms with van der Waals surface area (Å²) >= 11 is 2.32. The Morgan fingerprint density at radius 1 is 1.05 bits per heavy atom. The molecule has 1 fully saturated rings. The van der Waals surface area contributed by atoms with Gasteiger partial charge in [-0.15, -0.1) is 0 Å². The van der Waals surface area contributed by atoms with Gasteiger partial charge in [-0.2, -0.15) is 26.3 Å². The average molecular weight is 362 g/mol. The van der Waals surface area contributed by atoms with E-state index in [-0.39, 0.29) is 11.3 Å². The Kier molecular flexibility index (Phi) is 3.31. The van der Waals surface area contributed by atoms with Crippen LogP contribution in [0.1, 0.15) is 17.0 Å². The molecule has 20 heavy (non-hydrogen) atoms. The molecule has 1 nitrogen and oxygen atoms in total. The van der Waals surface area contributed by atoms with Crippen molar-refractivity contribution in [1.82, 2.24) is 0 Å². The van der Waals surface area contributed by atoms with E-state index in [0.717, 1.165) is 12.1 Å². The van der Waals surface area contributed by atoms with E-state index in [9.17, 15) is 26.3 Å². The second kappa shape index (κ2) is 4.29. The third-order valence-corrected chi connectivity index (χ3v) is 4.62. The molecule has 1 saturated carbocycles. The molecule has 0 spiro atoms. The number of alkyl halides is 7. The number of nitrogens with two attached hydrogens (primary N) is 1. The molecular formula is C12H10BrF6N. The van der Waals surface area contributed by atoms with Crippen LogP contribution in [0.15, 0.2) is 18.2 Å². The van der Waals surface area contributed by atoms with Crippen molar-refractivity contribution in [3.63, 3.8) is 0 Å². The summed E-state index contributed by atoms with van der Waals surface area (Å²) in [4.78, 5) is -2.37. The van der Waals surface area contributed by atoms with Crippen molar-refractivity contribution in [2.45, 2.75) is 35.4 Å². The second-order valence-corrected chi connectivity index (χ2v) is 5.80. The molecule has 1 aliphatic rings. The lowest BCUT2D eigenvalue weighted by Crippen LogP contribution is -2.48. The van der Waals surface area contributed by atoms with Crippen molar-refractivity contribution in [1.29, 1.82) is 0 Å². The molecule has 0 heterocycles. The summed E-state index contributed by atoms with van der Waals surface area (Å²) in [5.41, 5.74) is 5.82. The Balaban J connectivity index is 2.59. The quantitative estimate of drug-likeness (QED) is 0.449. The highest BCUT2D eigenvalue weighted by atomic mass is 79.9. The summed E-state index contributed by atoms with van der Waals surface area (Å²) in [7, 11) is 0. The number of anilines is 1. The Morgan fingerprint density at radius 2 is 1.60 bits per heavy atom. The van der Waals surface area contributed by atoms with Crippen LogP contribution in [0.3, 0.4) is 0 Å². The van der Waals surface area contributed by atoms with Gasteiger partial charge in [-0.25, -0.2) is 0 Å². The number of hydrogen-bond donors (Lipinski definition) is 1. The lowest BCUT2D eigenvalue weighted by Gasteiger charge is -2.25. The zero-order chi connectivity index (χ0) is 15.5. The molecule has 2 unspecified atom stereocenters. The van der Waals surface area contributed by atoms with Crippen LogP contribution in [0.4, 0.5) is 32.0 Å². The van der Waals surface area contributed by atoms with Crippen molar-refractivity contribution in [3.05, 3.63) is 29.3 Å². The fourth-order valence-electron chi connectivity index (χ4n) is 2.25. The van der Waals surface area contributed by atoms with Crippen molar-refractivity contribution >= 4 is 21.6 Å². The number of benzene rings is 1. The summed E-state index contributed by atoms with van der Waals surface area (Å²) < 4.78 is 81.0. The van der Waals surface area contributed by atoms with Crippen LogP contribution in [0, 0.1) is 6.92 Å². The molecule has 0 saturated heterocycles. The topological polar surface area (TPSA) is 26.0 Å². The van der Waals surface area contributed by atoms with Crippen molar-refractivity contribution in [2.24, 2.45) is 0 Å². The summed E-state index contributed by atoms with van der Waals surface area (Å²) in [5.74, 6) is -17.5. The van der Waals surface area contributed by atoms with Gasteiger partial charge in [-0.3, -0.25) is 0 Å². The Bertz CT molecular complexity index is 545. The lowest BCUT2D eigenvalue weighted by atomic mass is 9.92. The SMILES string of the molecule is Cc1cc(C2C(Br)C(F)(F)C(F)(F)C2(F)F)ccc1N. The van der Waals surface area contributed by atoms with Crippen LogP contribution in [0.25, 0.3) is 0 Å². The largest absolute Gasteiger partial charge is 0.399 e. The molecule has 0 radical (unpaired) electrons. The van der Waals surface area contributed by atoms with Crippen LogP contribution >= 0.6 is 15.9 Å². The zero-order valence-corrected chi connectivity index (χ0v) is 11.7. The first kappa shape index (κ1) is 15.5. The van der Waals surface area contributed by atoms with Gasteiger partial charge < -0.3 is 5.73 Å². The van der Waals surface area contributed by atoms with Crippen LogP contribution < -0.4 is 5.73 Å². The number of rotatable bonds is 1. The Hall–Kier alpha value is -0.920. The summed E-state index contributed by atoms with van der Waals surface area (Å²) in [6, 6.07) is 3.42. The maximum atomic E-state index is 13.8. The molecule has 2 atom stereocenters. The summed E-state index contributed by atoms with van der Waals surface area (Å²) in [6.45, 7) is 1.48. The van der Waals surface area contributed by atoms with Gasteiger partial charge in [0.05, 0.1) is 10.7 Å². The van der Waals surface area contributed by atoms with E-state index < -0.39 is 28.5 Å². The Morgan fingerprint density at radius 3 is 2.00 bits per heavy atom. The fourth-order valence-corrected chi connectivity index (χ4v) is 3.18. The van der Waals surface area contributed by atoms with Gasteiger partial charge in [-0.05, 0) is 24.1 Å². The van der Waals surface area contributed by atoms with Crippen LogP contribution in [0.2, 0.25) is 0 Å². The van der Waals surface area contributed by atoms with Gasteiger partial charge in [0.25, 0.3) is 0 Å². The number of aryl methyl sites for hydroxylation is 1. The minimum absolute atomic E-state index is 0.264. The molecule has 2 rings (SSSR count). The highest BCUT2D eigenvalue weighted by Crippen LogP contribution is 2.64. The first-order valence-corrected chi connectivity index (χ1v) is 6.49. The maximum absolute atomic E-state index is 13.8. The second-order valence-electron chi connectivity index (χ2n) is 4.82. The highest BCUT2D eigenvalue weighted by molar-refractivity contribution is 9.09. The molecular weight excluding hydrogens is 352 g/mol. The molecule has 0 aliphatic heterocycles. The van der Waals surface area contributed by atoms with Crippen molar-refractivity contribution in [2.75, 3.05) is 5.73 Å². The van der Waals surface area contributed by atoms with E-state index in [0.29, 0.717) is 5.56 Å². The van der Waals surface area contributed by atoms with E-state index in [1.165, 1.54) is 13.0 Å².